The Morgan fingerprint density at radius 2 is 1.95 bits per heavy atom. The Morgan fingerprint density at radius 3 is 2.63 bits per heavy atom. The zero-order valence-corrected chi connectivity index (χ0v) is 12.2. The molecular formula is C15H21NO2S. The molecule has 0 unspecified atom stereocenters. The van der Waals surface area contributed by atoms with E-state index in [4.69, 9.17) is 0 Å². The van der Waals surface area contributed by atoms with Gasteiger partial charge in [-0.1, -0.05) is 37.3 Å². The first-order valence-corrected chi connectivity index (χ1v) is 7.82. The quantitative estimate of drug-likeness (QED) is 0.558. The van der Waals surface area contributed by atoms with Crippen LogP contribution in [0.2, 0.25) is 0 Å². The topological polar surface area (TPSA) is 46.2 Å². The lowest BCUT2D eigenvalue weighted by Gasteiger charge is -2.03. The van der Waals surface area contributed by atoms with Gasteiger partial charge in [0.1, 0.15) is 0 Å². The van der Waals surface area contributed by atoms with Crippen LogP contribution in [0, 0.1) is 0 Å². The van der Waals surface area contributed by atoms with Crippen molar-refractivity contribution in [2.24, 2.45) is 0 Å². The van der Waals surface area contributed by atoms with E-state index in [0.717, 1.165) is 30.7 Å². The van der Waals surface area contributed by atoms with Gasteiger partial charge in [0.2, 0.25) is 5.91 Å². The van der Waals surface area contributed by atoms with E-state index < -0.39 is 0 Å². The summed E-state index contributed by atoms with van der Waals surface area (Å²) in [7, 11) is 0. The molecule has 1 amide bonds. The maximum absolute atomic E-state index is 11.8. The van der Waals surface area contributed by atoms with E-state index >= 15 is 0 Å². The van der Waals surface area contributed by atoms with Crippen molar-refractivity contribution < 1.29 is 9.59 Å². The highest BCUT2D eigenvalue weighted by Gasteiger charge is 2.05. The molecule has 1 aromatic carbocycles. The Hall–Kier alpha value is -1.29. The molecule has 0 aromatic heterocycles. The number of rotatable bonds is 9. The highest BCUT2D eigenvalue weighted by Crippen LogP contribution is 2.09. The number of nitrogens with one attached hydrogen (secondary N) is 1. The molecule has 3 nitrogen and oxygen atoms in total. The lowest BCUT2D eigenvalue weighted by molar-refractivity contribution is -0.118. The smallest absolute Gasteiger partial charge is 0.229 e. The van der Waals surface area contributed by atoms with Crippen molar-refractivity contribution >= 4 is 23.5 Å². The van der Waals surface area contributed by atoms with Crippen LogP contribution in [0.15, 0.2) is 30.3 Å². The van der Waals surface area contributed by atoms with Crippen LogP contribution in [0.5, 0.6) is 0 Å². The number of benzene rings is 1. The maximum atomic E-state index is 11.8. The van der Waals surface area contributed by atoms with Gasteiger partial charge in [-0.2, -0.15) is 11.8 Å². The summed E-state index contributed by atoms with van der Waals surface area (Å²) in [6, 6.07) is 9.34. The first-order chi connectivity index (χ1) is 9.24. The van der Waals surface area contributed by atoms with Gasteiger partial charge in [-0.25, -0.2) is 0 Å². The SMILES string of the molecule is CCCNC(=O)CSCCCC(=O)c1ccccc1. The molecule has 0 aliphatic heterocycles. The number of carbonyl (C=O) groups is 2. The molecule has 104 valence electrons. The van der Waals surface area contributed by atoms with E-state index in [1.807, 2.05) is 37.3 Å². The predicted molar refractivity (Wildman–Crippen MR) is 80.6 cm³/mol. The fraction of sp³-hybridized carbons (Fsp3) is 0.467. The molecule has 4 heteroatoms. The number of ketones is 1. The summed E-state index contributed by atoms with van der Waals surface area (Å²) in [6.07, 6.45) is 2.33. The molecule has 0 bridgehead atoms. The van der Waals surface area contributed by atoms with Gasteiger partial charge in [0.25, 0.3) is 0 Å². The third kappa shape index (κ3) is 7.01. The number of hydrogen-bond acceptors (Lipinski definition) is 3. The number of amides is 1. The number of carbonyl (C=O) groups excluding carboxylic acids is 2. The summed E-state index contributed by atoms with van der Waals surface area (Å²) in [4.78, 5) is 23.1. The Balaban J connectivity index is 2.08. The molecule has 1 rings (SSSR count). The van der Waals surface area contributed by atoms with E-state index in [-0.39, 0.29) is 11.7 Å². The average molecular weight is 279 g/mol. The first-order valence-electron chi connectivity index (χ1n) is 6.66. The van der Waals surface area contributed by atoms with Gasteiger partial charge in [-0.15, -0.1) is 0 Å². The maximum Gasteiger partial charge on any atom is 0.229 e. The van der Waals surface area contributed by atoms with E-state index in [1.165, 1.54) is 0 Å². The van der Waals surface area contributed by atoms with Crippen molar-refractivity contribution in [2.75, 3.05) is 18.1 Å². The third-order valence-corrected chi connectivity index (χ3v) is 3.64. The Kier molecular flexibility index (Phi) is 7.98. The largest absolute Gasteiger partial charge is 0.355 e. The van der Waals surface area contributed by atoms with Crippen LogP contribution in [0.4, 0.5) is 0 Å². The summed E-state index contributed by atoms with van der Waals surface area (Å²) in [5.41, 5.74) is 0.771. The molecule has 0 fully saturated rings. The van der Waals surface area contributed by atoms with Gasteiger partial charge >= 0.3 is 0 Å². The minimum Gasteiger partial charge on any atom is -0.355 e. The summed E-state index contributed by atoms with van der Waals surface area (Å²) in [6.45, 7) is 2.77. The summed E-state index contributed by atoms with van der Waals surface area (Å²) >= 11 is 1.58. The van der Waals surface area contributed by atoms with Crippen molar-refractivity contribution in [1.82, 2.24) is 5.32 Å². The van der Waals surface area contributed by atoms with Gasteiger partial charge in [-0.05, 0) is 18.6 Å². The Labute approximate surface area is 119 Å². The van der Waals surface area contributed by atoms with Crippen LogP contribution in [0.1, 0.15) is 36.5 Å². The zero-order chi connectivity index (χ0) is 13.9. The normalized spacial score (nSPS) is 10.2. The average Bonchev–Trinajstić information content (AvgIpc) is 2.45. The molecular weight excluding hydrogens is 258 g/mol. The van der Waals surface area contributed by atoms with Gasteiger partial charge < -0.3 is 5.32 Å². The van der Waals surface area contributed by atoms with Crippen molar-refractivity contribution in [3.05, 3.63) is 35.9 Å². The van der Waals surface area contributed by atoms with Crippen LogP contribution in [-0.2, 0) is 4.79 Å². The highest BCUT2D eigenvalue weighted by molar-refractivity contribution is 7.99. The molecule has 0 aliphatic rings. The molecule has 0 spiro atoms. The second-order valence-electron chi connectivity index (χ2n) is 4.30. The first kappa shape index (κ1) is 15.8. The van der Waals surface area contributed by atoms with Crippen molar-refractivity contribution in [2.45, 2.75) is 26.2 Å². The summed E-state index contributed by atoms with van der Waals surface area (Å²) in [5.74, 6) is 1.59. The molecule has 0 saturated carbocycles. The van der Waals surface area contributed by atoms with Crippen LogP contribution in [-0.4, -0.2) is 29.7 Å². The van der Waals surface area contributed by atoms with Crippen LogP contribution in [0.3, 0.4) is 0 Å². The van der Waals surface area contributed by atoms with Gasteiger partial charge in [-0.3, -0.25) is 9.59 Å². The van der Waals surface area contributed by atoms with Crippen LogP contribution < -0.4 is 5.32 Å². The van der Waals surface area contributed by atoms with Gasteiger partial charge in [0.15, 0.2) is 5.78 Å². The second kappa shape index (κ2) is 9.62. The predicted octanol–water partition coefficient (Wildman–Crippen LogP) is 2.91. The minimum atomic E-state index is 0.0845. The van der Waals surface area contributed by atoms with Gasteiger partial charge in [0, 0.05) is 18.5 Å². The summed E-state index contributed by atoms with van der Waals surface area (Å²) in [5, 5.41) is 2.83. The number of thioether (sulfide) groups is 1. The van der Waals surface area contributed by atoms with Crippen LogP contribution >= 0.6 is 11.8 Å². The minimum absolute atomic E-state index is 0.0845. The summed E-state index contributed by atoms with van der Waals surface area (Å²) < 4.78 is 0. The van der Waals surface area contributed by atoms with Gasteiger partial charge in [0.05, 0.1) is 5.75 Å². The van der Waals surface area contributed by atoms with E-state index in [1.54, 1.807) is 11.8 Å². The second-order valence-corrected chi connectivity index (χ2v) is 5.40. The number of Topliss-reactive ketones (excluding diaryl/α,β-unsaturated/α-hetero) is 1. The van der Waals surface area contributed by atoms with Crippen molar-refractivity contribution in [1.29, 1.82) is 0 Å². The van der Waals surface area contributed by atoms with E-state index in [0.29, 0.717) is 12.2 Å². The molecule has 0 heterocycles. The van der Waals surface area contributed by atoms with E-state index in [2.05, 4.69) is 5.32 Å². The zero-order valence-electron chi connectivity index (χ0n) is 11.4. The monoisotopic (exact) mass is 279 g/mol. The molecule has 0 atom stereocenters. The lowest BCUT2D eigenvalue weighted by atomic mass is 10.1. The third-order valence-electron chi connectivity index (χ3n) is 2.59. The van der Waals surface area contributed by atoms with E-state index in [9.17, 15) is 9.59 Å². The molecule has 0 radical (unpaired) electrons. The molecule has 0 saturated heterocycles. The van der Waals surface area contributed by atoms with Crippen molar-refractivity contribution in [3.8, 4) is 0 Å². The highest BCUT2D eigenvalue weighted by atomic mass is 32.2. The Morgan fingerprint density at radius 1 is 1.21 bits per heavy atom. The lowest BCUT2D eigenvalue weighted by Crippen LogP contribution is -2.25. The molecule has 19 heavy (non-hydrogen) atoms. The van der Waals surface area contributed by atoms with Crippen molar-refractivity contribution in [3.63, 3.8) is 0 Å². The fourth-order valence-electron chi connectivity index (χ4n) is 1.58. The van der Waals surface area contributed by atoms with Crippen LogP contribution in [0.25, 0.3) is 0 Å². The fourth-order valence-corrected chi connectivity index (χ4v) is 2.36. The molecule has 0 aliphatic carbocycles. The molecule has 1 N–H and O–H groups in total. The molecule has 1 aromatic rings. The number of hydrogen-bond donors (Lipinski definition) is 1. The standard InChI is InChI=1S/C15H21NO2S/c1-2-10-16-15(18)12-19-11-6-9-14(17)13-7-4-3-5-8-13/h3-5,7-8H,2,6,9-12H2,1H3,(H,16,18). The Bertz CT molecular complexity index is 392.